The number of hydrogen-bond acceptors (Lipinski definition) is 2. The predicted molar refractivity (Wildman–Crippen MR) is 97.1 cm³/mol. The minimum Gasteiger partial charge on any atom is -0.469 e. The summed E-state index contributed by atoms with van der Waals surface area (Å²) >= 11 is 0. The van der Waals surface area contributed by atoms with E-state index in [1.165, 1.54) is 12.1 Å². The summed E-state index contributed by atoms with van der Waals surface area (Å²) in [6.45, 7) is 1.33. The monoisotopic (exact) mass is 417 g/mol. The molecule has 2 rings (SSSR count). The summed E-state index contributed by atoms with van der Waals surface area (Å²) < 4.78 is 18.5. The first kappa shape index (κ1) is 18.5. The van der Waals surface area contributed by atoms with E-state index < -0.39 is 0 Å². The van der Waals surface area contributed by atoms with Gasteiger partial charge < -0.3 is 14.6 Å². The van der Waals surface area contributed by atoms with Crippen molar-refractivity contribution in [1.82, 2.24) is 10.2 Å². The Morgan fingerprint density at radius 3 is 2.77 bits per heavy atom. The second-order valence-electron chi connectivity index (χ2n) is 4.79. The van der Waals surface area contributed by atoms with Gasteiger partial charge >= 0.3 is 0 Å². The van der Waals surface area contributed by atoms with Gasteiger partial charge in [-0.3, -0.25) is 4.99 Å². The summed E-state index contributed by atoms with van der Waals surface area (Å²) in [4.78, 5) is 6.19. The number of nitrogens with zero attached hydrogens (tertiary/aromatic N) is 2. The zero-order valence-electron chi connectivity index (χ0n) is 12.8. The van der Waals surface area contributed by atoms with Gasteiger partial charge in [-0.25, -0.2) is 4.39 Å². The van der Waals surface area contributed by atoms with Gasteiger partial charge in [0.1, 0.15) is 11.6 Å². The van der Waals surface area contributed by atoms with Crippen LogP contribution in [-0.4, -0.2) is 31.5 Å². The number of guanidine groups is 1. The van der Waals surface area contributed by atoms with Gasteiger partial charge in [-0.2, -0.15) is 0 Å². The molecular weight excluding hydrogens is 396 g/mol. The zero-order valence-corrected chi connectivity index (χ0v) is 15.1. The molecule has 0 aliphatic rings. The molecule has 0 amide bonds. The van der Waals surface area contributed by atoms with Crippen LogP contribution in [0, 0.1) is 5.82 Å². The molecule has 120 valence electrons. The van der Waals surface area contributed by atoms with E-state index in [-0.39, 0.29) is 29.8 Å². The fourth-order valence-corrected chi connectivity index (χ4v) is 2.12. The van der Waals surface area contributed by atoms with Crippen LogP contribution < -0.4 is 5.32 Å². The molecular formula is C16H21FIN3O. The van der Waals surface area contributed by atoms with Crippen LogP contribution in [0.25, 0.3) is 0 Å². The summed E-state index contributed by atoms with van der Waals surface area (Å²) in [5.74, 6) is 1.48. The summed E-state index contributed by atoms with van der Waals surface area (Å²) in [7, 11) is 3.66. The number of hydrogen-bond donors (Lipinski definition) is 1. The normalized spacial score (nSPS) is 11.0. The van der Waals surface area contributed by atoms with Crippen LogP contribution in [0.2, 0.25) is 0 Å². The van der Waals surface area contributed by atoms with E-state index in [4.69, 9.17) is 4.42 Å². The molecule has 1 N–H and O–H groups in total. The first-order valence-electron chi connectivity index (χ1n) is 6.87. The molecule has 6 heteroatoms. The highest BCUT2D eigenvalue weighted by molar-refractivity contribution is 14.0. The Kier molecular flexibility index (Phi) is 7.94. The molecule has 1 aromatic carbocycles. The summed E-state index contributed by atoms with van der Waals surface area (Å²) in [6.07, 6.45) is 2.46. The molecule has 0 spiro atoms. The van der Waals surface area contributed by atoms with Crippen molar-refractivity contribution in [3.8, 4) is 0 Å². The molecule has 0 atom stereocenters. The maximum Gasteiger partial charge on any atom is 0.193 e. The van der Waals surface area contributed by atoms with E-state index in [2.05, 4.69) is 10.3 Å². The van der Waals surface area contributed by atoms with Crippen molar-refractivity contribution in [3.05, 3.63) is 59.8 Å². The largest absolute Gasteiger partial charge is 0.469 e. The Balaban J connectivity index is 0.00000242. The van der Waals surface area contributed by atoms with E-state index in [1.54, 1.807) is 19.4 Å². The van der Waals surface area contributed by atoms with E-state index in [1.807, 2.05) is 30.1 Å². The highest BCUT2D eigenvalue weighted by Gasteiger charge is 2.07. The molecule has 2 aromatic rings. The number of halogens is 2. The SMILES string of the molecule is CN=C(NCCc1ccco1)N(C)Cc1cccc(F)c1.I. The third kappa shape index (κ3) is 5.67. The molecule has 0 saturated heterocycles. The van der Waals surface area contributed by atoms with Gasteiger partial charge in [0.15, 0.2) is 5.96 Å². The molecule has 0 fully saturated rings. The van der Waals surface area contributed by atoms with Crippen molar-refractivity contribution in [3.63, 3.8) is 0 Å². The van der Waals surface area contributed by atoms with E-state index in [0.29, 0.717) is 6.54 Å². The smallest absolute Gasteiger partial charge is 0.193 e. The van der Waals surface area contributed by atoms with Crippen LogP contribution in [0.1, 0.15) is 11.3 Å². The zero-order chi connectivity index (χ0) is 15.1. The topological polar surface area (TPSA) is 40.8 Å². The lowest BCUT2D eigenvalue weighted by atomic mass is 10.2. The van der Waals surface area contributed by atoms with Crippen LogP contribution in [0.15, 0.2) is 52.1 Å². The Morgan fingerprint density at radius 1 is 1.32 bits per heavy atom. The fourth-order valence-electron chi connectivity index (χ4n) is 2.12. The van der Waals surface area contributed by atoms with Crippen molar-refractivity contribution in [2.75, 3.05) is 20.6 Å². The van der Waals surface area contributed by atoms with E-state index >= 15 is 0 Å². The number of benzene rings is 1. The summed E-state index contributed by atoms with van der Waals surface area (Å²) in [6, 6.07) is 10.4. The Labute approximate surface area is 147 Å². The van der Waals surface area contributed by atoms with Gasteiger partial charge in [0.05, 0.1) is 6.26 Å². The molecule has 0 saturated carbocycles. The van der Waals surface area contributed by atoms with Crippen LogP contribution in [0.5, 0.6) is 0 Å². The van der Waals surface area contributed by atoms with Crippen molar-refractivity contribution >= 4 is 29.9 Å². The minimum atomic E-state index is -0.221. The molecule has 0 aliphatic carbocycles. The predicted octanol–water partition coefficient (Wildman–Crippen LogP) is 3.29. The van der Waals surface area contributed by atoms with Crippen LogP contribution in [-0.2, 0) is 13.0 Å². The fraction of sp³-hybridized carbons (Fsp3) is 0.312. The first-order valence-corrected chi connectivity index (χ1v) is 6.87. The average Bonchev–Trinajstić information content (AvgIpc) is 2.96. The highest BCUT2D eigenvalue weighted by Crippen LogP contribution is 2.06. The molecule has 0 radical (unpaired) electrons. The number of aliphatic imine (C=N–C) groups is 1. The lowest BCUT2D eigenvalue weighted by molar-refractivity contribution is 0.468. The number of nitrogens with one attached hydrogen (secondary N) is 1. The van der Waals surface area contributed by atoms with Crippen molar-refractivity contribution in [1.29, 1.82) is 0 Å². The lowest BCUT2D eigenvalue weighted by Gasteiger charge is -2.22. The van der Waals surface area contributed by atoms with Crippen molar-refractivity contribution < 1.29 is 8.81 Å². The Bertz CT molecular complexity index is 587. The van der Waals surface area contributed by atoms with Crippen LogP contribution >= 0.6 is 24.0 Å². The van der Waals surface area contributed by atoms with Gasteiger partial charge in [0.2, 0.25) is 0 Å². The van der Waals surface area contributed by atoms with Crippen LogP contribution in [0.3, 0.4) is 0 Å². The molecule has 0 bridgehead atoms. The average molecular weight is 417 g/mol. The maximum absolute atomic E-state index is 13.2. The molecule has 1 heterocycles. The van der Waals surface area contributed by atoms with Gasteiger partial charge in [-0.05, 0) is 29.8 Å². The van der Waals surface area contributed by atoms with Crippen LogP contribution in [0.4, 0.5) is 4.39 Å². The van der Waals surface area contributed by atoms with Gasteiger partial charge in [0, 0.05) is 33.6 Å². The van der Waals surface area contributed by atoms with Gasteiger partial charge in [0.25, 0.3) is 0 Å². The molecule has 1 aromatic heterocycles. The quantitative estimate of drug-likeness (QED) is 0.461. The second kappa shape index (κ2) is 9.45. The first-order chi connectivity index (χ1) is 10.2. The standard InChI is InChI=1S/C16H20FN3O.HI/c1-18-16(19-9-8-15-7-4-10-21-15)20(2)12-13-5-3-6-14(17)11-13;/h3-7,10-11H,8-9,12H2,1-2H3,(H,18,19);1H. The molecule has 0 unspecified atom stereocenters. The Morgan fingerprint density at radius 2 is 2.14 bits per heavy atom. The van der Waals surface area contributed by atoms with Crippen molar-refractivity contribution in [2.45, 2.75) is 13.0 Å². The van der Waals surface area contributed by atoms with Gasteiger partial charge in [-0.15, -0.1) is 24.0 Å². The van der Waals surface area contributed by atoms with E-state index in [0.717, 1.165) is 30.2 Å². The number of rotatable bonds is 5. The Hall–Kier alpha value is -1.57. The molecule has 4 nitrogen and oxygen atoms in total. The van der Waals surface area contributed by atoms with Crippen molar-refractivity contribution in [2.24, 2.45) is 4.99 Å². The number of furan rings is 1. The summed E-state index contributed by atoms with van der Waals surface area (Å²) in [5, 5.41) is 3.26. The minimum absolute atomic E-state index is 0. The third-order valence-electron chi connectivity index (χ3n) is 3.12. The lowest BCUT2D eigenvalue weighted by Crippen LogP contribution is -2.39. The third-order valence-corrected chi connectivity index (χ3v) is 3.12. The summed E-state index contributed by atoms with van der Waals surface area (Å²) in [5.41, 5.74) is 0.909. The maximum atomic E-state index is 13.2. The second-order valence-corrected chi connectivity index (χ2v) is 4.79. The van der Waals surface area contributed by atoms with E-state index in [9.17, 15) is 4.39 Å². The van der Waals surface area contributed by atoms with Gasteiger partial charge in [-0.1, -0.05) is 12.1 Å². The molecule has 0 aliphatic heterocycles. The highest BCUT2D eigenvalue weighted by atomic mass is 127. The molecule has 22 heavy (non-hydrogen) atoms.